The van der Waals surface area contributed by atoms with Crippen molar-refractivity contribution in [2.75, 3.05) is 20.3 Å². The van der Waals surface area contributed by atoms with Crippen LogP contribution in [-0.4, -0.2) is 42.4 Å². The molecule has 5 heteroatoms. The van der Waals surface area contributed by atoms with E-state index in [2.05, 4.69) is 49.1 Å². The molecule has 1 N–H and O–H groups in total. The van der Waals surface area contributed by atoms with Crippen molar-refractivity contribution in [1.82, 2.24) is 15.4 Å². The Labute approximate surface area is 129 Å². The average molecular weight is 297 g/mol. The third-order valence-electron chi connectivity index (χ3n) is 3.70. The van der Waals surface area contributed by atoms with Gasteiger partial charge in [0.05, 0.1) is 18.8 Å². The van der Waals surface area contributed by atoms with E-state index in [1.807, 2.05) is 0 Å². The summed E-state index contributed by atoms with van der Waals surface area (Å²) in [4.78, 5) is 2.42. The van der Waals surface area contributed by atoms with E-state index in [4.69, 9.17) is 9.26 Å². The first-order valence-corrected chi connectivity index (χ1v) is 8.01. The monoisotopic (exact) mass is 297 g/mol. The standard InChI is InChI=1S/C16H31N3O2/c1-6-15(7-2)19(8-9-20-5)12-16-10-14(18-21-16)11-17-13(3)4/h10,13,15,17H,6-9,11-12H2,1-5H3. The first-order chi connectivity index (χ1) is 10.1. The summed E-state index contributed by atoms with van der Waals surface area (Å²) in [5, 5.41) is 7.49. The molecule has 0 bridgehead atoms. The predicted octanol–water partition coefficient (Wildman–Crippen LogP) is 2.81. The van der Waals surface area contributed by atoms with Crippen LogP contribution in [0, 0.1) is 0 Å². The number of hydrogen-bond donors (Lipinski definition) is 1. The summed E-state index contributed by atoms with van der Waals surface area (Å²) in [7, 11) is 1.75. The van der Waals surface area contributed by atoms with Gasteiger partial charge in [0.1, 0.15) is 0 Å². The predicted molar refractivity (Wildman–Crippen MR) is 85.1 cm³/mol. The molecule has 1 rings (SSSR count). The van der Waals surface area contributed by atoms with Crippen LogP contribution in [0.4, 0.5) is 0 Å². The Bertz CT molecular complexity index is 375. The molecule has 1 heterocycles. The minimum Gasteiger partial charge on any atom is -0.383 e. The summed E-state index contributed by atoms with van der Waals surface area (Å²) >= 11 is 0. The van der Waals surface area contributed by atoms with Gasteiger partial charge >= 0.3 is 0 Å². The first kappa shape index (κ1) is 18.1. The zero-order chi connectivity index (χ0) is 15.7. The van der Waals surface area contributed by atoms with Gasteiger partial charge < -0.3 is 14.6 Å². The lowest BCUT2D eigenvalue weighted by Crippen LogP contribution is -2.36. The number of methoxy groups -OCH3 is 1. The van der Waals surface area contributed by atoms with Gasteiger partial charge in [-0.25, -0.2) is 0 Å². The van der Waals surface area contributed by atoms with Crippen molar-refractivity contribution in [3.8, 4) is 0 Å². The van der Waals surface area contributed by atoms with Crippen molar-refractivity contribution in [3.05, 3.63) is 17.5 Å². The summed E-state index contributed by atoms with van der Waals surface area (Å²) in [6.07, 6.45) is 2.27. The van der Waals surface area contributed by atoms with Gasteiger partial charge in [-0.2, -0.15) is 0 Å². The van der Waals surface area contributed by atoms with Crippen LogP contribution in [0.25, 0.3) is 0 Å². The molecule has 0 saturated carbocycles. The minimum atomic E-state index is 0.452. The Hall–Kier alpha value is -0.910. The van der Waals surface area contributed by atoms with Crippen LogP contribution in [-0.2, 0) is 17.8 Å². The molecule has 5 nitrogen and oxygen atoms in total. The molecule has 0 aliphatic rings. The summed E-state index contributed by atoms with van der Waals surface area (Å²) in [5.41, 5.74) is 0.968. The van der Waals surface area contributed by atoms with Gasteiger partial charge in [0.25, 0.3) is 0 Å². The molecule has 0 aliphatic carbocycles. The second kappa shape index (κ2) is 9.92. The molecule has 122 valence electrons. The van der Waals surface area contributed by atoms with Crippen LogP contribution in [0.2, 0.25) is 0 Å². The lowest BCUT2D eigenvalue weighted by atomic mass is 10.1. The topological polar surface area (TPSA) is 50.5 Å². The van der Waals surface area contributed by atoms with E-state index in [-0.39, 0.29) is 0 Å². The molecule has 0 aromatic carbocycles. The lowest BCUT2D eigenvalue weighted by Gasteiger charge is -2.29. The molecule has 0 amide bonds. The van der Waals surface area contributed by atoms with E-state index < -0.39 is 0 Å². The van der Waals surface area contributed by atoms with Gasteiger partial charge in [-0.05, 0) is 12.8 Å². The second-order valence-corrected chi connectivity index (χ2v) is 5.75. The summed E-state index contributed by atoms with van der Waals surface area (Å²) in [5.74, 6) is 0.929. The zero-order valence-electron chi connectivity index (χ0n) is 14.2. The summed E-state index contributed by atoms with van der Waals surface area (Å²) in [6, 6.07) is 3.06. The molecule has 0 spiro atoms. The van der Waals surface area contributed by atoms with Crippen molar-refractivity contribution in [3.63, 3.8) is 0 Å². The third-order valence-corrected chi connectivity index (χ3v) is 3.70. The number of ether oxygens (including phenoxy) is 1. The Kier molecular flexibility index (Phi) is 8.57. The molecule has 0 atom stereocenters. The fourth-order valence-corrected chi connectivity index (χ4v) is 2.43. The Morgan fingerprint density at radius 2 is 2.05 bits per heavy atom. The van der Waals surface area contributed by atoms with E-state index in [1.54, 1.807) is 7.11 Å². The Morgan fingerprint density at radius 3 is 2.62 bits per heavy atom. The highest BCUT2D eigenvalue weighted by atomic mass is 16.5. The quantitative estimate of drug-likeness (QED) is 0.680. The molecule has 0 aliphatic heterocycles. The van der Waals surface area contributed by atoms with Gasteiger partial charge in [0, 0.05) is 38.3 Å². The van der Waals surface area contributed by atoms with Crippen LogP contribution < -0.4 is 5.32 Å². The molecular weight excluding hydrogens is 266 g/mol. The van der Waals surface area contributed by atoms with E-state index in [9.17, 15) is 0 Å². The SMILES string of the molecule is CCC(CC)N(CCOC)Cc1cc(CNC(C)C)no1. The second-order valence-electron chi connectivity index (χ2n) is 5.75. The highest BCUT2D eigenvalue weighted by molar-refractivity contribution is 5.05. The van der Waals surface area contributed by atoms with Crippen molar-refractivity contribution < 1.29 is 9.26 Å². The Morgan fingerprint density at radius 1 is 1.33 bits per heavy atom. The zero-order valence-corrected chi connectivity index (χ0v) is 14.2. The average Bonchev–Trinajstić information content (AvgIpc) is 2.91. The van der Waals surface area contributed by atoms with Crippen LogP contribution in [0.5, 0.6) is 0 Å². The largest absolute Gasteiger partial charge is 0.383 e. The van der Waals surface area contributed by atoms with Gasteiger partial charge in [0.15, 0.2) is 5.76 Å². The molecule has 0 saturated heterocycles. The van der Waals surface area contributed by atoms with Crippen LogP contribution in [0.1, 0.15) is 52.0 Å². The van der Waals surface area contributed by atoms with Gasteiger partial charge in [-0.15, -0.1) is 0 Å². The van der Waals surface area contributed by atoms with E-state index >= 15 is 0 Å². The number of rotatable bonds is 11. The van der Waals surface area contributed by atoms with Crippen molar-refractivity contribution >= 4 is 0 Å². The fourth-order valence-electron chi connectivity index (χ4n) is 2.43. The van der Waals surface area contributed by atoms with Crippen LogP contribution in [0.15, 0.2) is 10.6 Å². The molecule has 1 aromatic heterocycles. The van der Waals surface area contributed by atoms with E-state index in [1.165, 1.54) is 0 Å². The van der Waals surface area contributed by atoms with Crippen molar-refractivity contribution in [2.45, 2.75) is 65.7 Å². The number of nitrogens with zero attached hydrogens (tertiary/aromatic N) is 2. The Balaban J connectivity index is 2.60. The molecule has 0 radical (unpaired) electrons. The molecular formula is C16H31N3O2. The van der Waals surface area contributed by atoms with Gasteiger partial charge in [-0.3, -0.25) is 4.90 Å². The first-order valence-electron chi connectivity index (χ1n) is 8.01. The van der Waals surface area contributed by atoms with Gasteiger partial charge in [0.2, 0.25) is 0 Å². The maximum atomic E-state index is 5.47. The summed E-state index contributed by atoms with van der Waals surface area (Å²) < 4.78 is 10.7. The maximum Gasteiger partial charge on any atom is 0.151 e. The van der Waals surface area contributed by atoms with Crippen molar-refractivity contribution in [1.29, 1.82) is 0 Å². The number of aromatic nitrogens is 1. The molecule has 21 heavy (non-hydrogen) atoms. The fraction of sp³-hybridized carbons (Fsp3) is 0.812. The third kappa shape index (κ3) is 6.59. The van der Waals surface area contributed by atoms with Gasteiger partial charge in [-0.1, -0.05) is 32.9 Å². The van der Waals surface area contributed by atoms with Crippen LogP contribution in [0.3, 0.4) is 0 Å². The van der Waals surface area contributed by atoms with Crippen molar-refractivity contribution in [2.24, 2.45) is 0 Å². The molecule has 0 unspecified atom stereocenters. The normalized spacial score (nSPS) is 12.0. The minimum absolute atomic E-state index is 0.452. The molecule has 1 aromatic rings. The van der Waals surface area contributed by atoms with E-state index in [0.29, 0.717) is 12.1 Å². The molecule has 0 fully saturated rings. The highest BCUT2D eigenvalue weighted by Crippen LogP contribution is 2.14. The smallest absolute Gasteiger partial charge is 0.151 e. The maximum absolute atomic E-state index is 5.47. The summed E-state index contributed by atoms with van der Waals surface area (Å²) in [6.45, 7) is 11.9. The number of nitrogens with one attached hydrogen (secondary N) is 1. The number of hydrogen-bond acceptors (Lipinski definition) is 5. The highest BCUT2D eigenvalue weighted by Gasteiger charge is 2.17. The lowest BCUT2D eigenvalue weighted by molar-refractivity contribution is 0.102. The van der Waals surface area contributed by atoms with Crippen LogP contribution >= 0.6 is 0 Å². The van der Waals surface area contributed by atoms with E-state index in [0.717, 1.165) is 50.5 Å².